The van der Waals surface area contributed by atoms with Crippen LogP contribution in [0, 0.1) is 5.92 Å². The minimum absolute atomic E-state index is 0.0612. The van der Waals surface area contributed by atoms with E-state index in [0.29, 0.717) is 17.4 Å². The van der Waals surface area contributed by atoms with Gasteiger partial charge in [0.15, 0.2) is 0 Å². The van der Waals surface area contributed by atoms with Crippen molar-refractivity contribution in [3.8, 4) is 40.3 Å². The number of aromatic nitrogens is 4. The summed E-state index contributed by atoms with van der Waals surface area (Å²) in [6.07, 6.45) is 1.25. The first-order chi connectivity index (χ1) is 17.3. The van der Waals surface area contributed by atoms with Gasteiger partial charge in [0, 0.05) is 24.6 Å². The molecule has 2 aromatic heterocycles. The standard InChI is InChI=1S/C24H23N5O7/c1-14(2)20(30)25-11-12-29-23(32)19(21(31)27-24(29)33)36-18-9-7-17(8-10-18)35-16-5-3-15(4-6-16)22-28-26-13-34-22/h3-10,13-14,32H,11-12H2,1-2H3,(H,25,30)(H,27,31,33). The van der Waals surface area contributed by atoms with E-state index >= 15 is 0 Å². The molecule has 36 heavy (non-hydrogen) atoms. The number of aromatic amines is 1. The maximum Gasteiger partial charge on any atom is 0.331 e. The van der Waals surface area contributed by atoms with Crippen LogP contribution < -0.4 is 26.0 Å². The number of hydrogen-bond donors (Lipinski definition) is 3. The van der Waals surface area contributed by atoms with E-state index in [2.05, 4.69) is 20.5 Å². The van der Waals surface area contributed by atoms with Crippen LogP contribution in [0.15, 0.2) is 68.9 Å². The van der Waals surface area contributed by atoms with Crippen molar-refractivity contribution in [2.24, 2.45) is 5.92 Å². The number of aromatic hydroxyl groups is 1. The summed E-state index contributed by atoms with van der Waals surface area (Å²) in [7, 11) is 0. The predicted octanol–water partition coefficient (Wildman–Crippen LogP) is 2.65. The summed E-state index contributed by atoms with van der Waals surface area (Å²) in [5, 5.41) is 20.6. The summed E-state index contributed by atoms with van der Waals surface area (Å²) >= 11 is 0. The van der Waals surface area contributed by atoms with Gasteiger partial charge in [0.1, 0.15) is 17.2 Å². The quantitative estimate of drug-likeness (QED) is 0.318. The van der Waals surface area contributed by atoms with Gasteiger partial charge in [-0.3, -0.25) is 19.1 Å². The van der Waals surface area contributed by atoms with Gasteiger partial charge in [-0.1, -0.05) is 13.8 Å². The molecule has 0 bridgehead atoms. The zero-order chi connectivity index (χ0) is 25.7. The molecule has 0 aliphatic heterocycles. The number of benzene rings is 2. The van der Waals surface area contributed by atoms with E-state index in [1.165, 1.54) is 6.39 Å². The van der Waals surface area contributed by atoms with Crippen molar-refractivity contribution >= 4 is 5.91 Å². The normalized spacial score (nSPS) is 10.9. The molecule has 12 heteroatoms. The summed E-state index contributed by atoms with van der Waals surface area (Å²) in [6.45, 7) is 3.48. The molecule has 0 spiro atoms. The fourth-order valence-electron chi connectivity index (χ4n) is 3.13. The highest BCUT2D eigenvalue weighted by molar-refractivity contribution is 5.77. The predicted molar refractivity (Wildman–Crippen MR) is 127 cm³/mol. The third-order valence-corrected chi connectivity index (χ3v) is 5.03. The van der Waals surface area contributed by atoms with Gasteiger partial charge < -0.3 is 24.3 Å². The molecule has 0 fully saturated rings. The first kappa shape index (κ1) is 24.3. The Labute approximate surface area is 204 Å². The van der Waals surface area contributed by atoms with Crippen LogP contribution in [0.25, 0.3) is 11.5 Å². The van der Waals surface area contributed by atoms with Gasteiger partial charge in [-0.05, 0) is 48.5 Å². The van der Waals surface area contributed by atoms with Crippen molar-refractivity contribution < 1.29 is 23.8 Å². The highest BCUT2D eigenvalue weighted by Gasteiger charge is 2.17. The van der Waals surface area contributed by atoms with Gasteiger partial charge in [-0.25, -0.2) is 4.79 Å². The van der Waals surface area contributed by atoms with Crippen LogP contribution in [0.3, 0.4) is 0 Å². The summed E-state index contributed by atoms with van der Waals surface area (Å²) in [4.78, 5) is 38.2. The average molecular weight is 493 g/mol. The molecule has 0 atom stereocenters. The molecule has 0 saturated carbocycles. The molecule has 12 nitrogen and oxygen atoms in total. The smallest absolute Gasteiger partial charge is 0.331 e. The fourth-order valence-corrected chi connectivity index (χ4v) is 3.13. The molecule has 186 valence electrons. The molecule has 4 aromatic rings. The largest absolute Gasteiger partial charge is 0.492 e. The van der Waals surface area contributed by atoms with Crippen molar-refractivity contribution in [1.82, 2.24) is 25.1 Å². The summed E-state index contributed by atoms with van der Waals surface area (Å²) in [5.41, 5.74) is -0.962. The van der Waals surface area contributed by atoms with Gasteiger partial charge in [0.25, 0.3) is 5.75 Å². The second-order valence-corrected chi connectivity index (χ2v) is 7.95. The van der Waals surface area contributed by atoms with Crippen LogP contribution in [0.1, 0.15) is 13.8 Å². The number of rotatable bonds is 9. The van der Waals surface area contributed by atoms with E-state index in [-0.39, 0.29) is 30.7 Å². The lowest BCUT2D eigenvalue weighted by Gasteiger charge is -2.13. The van der Waals surface area contributed by atoms with E-state index in [4.69, 9.17) is 13.9 Å². The highest BCUT2D eigenvalue weighted by atomic mass is 16.5. The Morgan fingerprint density at radius 3 is 2.25 bits per heavy atom. The second kappa shape index (κ2) is 10.6. The second-order valence-electron chi connectivity index (χ2n) is 7.95. The number of hydrogen-bond acceptors (Lipinski definition) is 9. The van der Waals surface area contributed by atoms with Crippen LogP contribution in [0.4, 0.5) is 0 Å². The first-order valence-electron chi connectivity index (χ1n) is 11.0. The number of nitrogens with zero attached hydrogens (tertiary/aromatic N) is 3. The number of carbonyl (C=O) groups excluding carboxylic acids is 1. The van der Waals surface area contributed by atoms with Gasteiger partial charge in [0.05, 0.1) is 0 Å². The van der Waals surface area contributed by atoms with Gasteiger partial charge in [-0.15, -0.1) is 10.2 Å². The maximum atomic E-state index is 12.2. The van der Waals surface area contributed by atoms with Gasteiger partial charge in [0.2, 0.25) is 24.1 Å². The summed E-state index contributed by atoms with van der Waals surface area (Å²) in [6, 6.07) is 13.4. The maximum absolute atomic E-state index is 12.2. The lowest BCUT2D eigenvalue weighted by atomic mass is 10.2. The van der Waals surface area contributed by atoms with Crippen molar-refractivity contribution in [2.45, 2.75) is 20.4 Å². The molecule has 2 aromatic carbocycles. The molecule has 3 N–H and O–H groups in total. The Balaban J connectivity index is 1.43. The van der Waals surface area contributed by atoms with Crippen LogP contribution >= 0.6 is 0 Å². The lowest BCUT2D eigenvalue weighted by Crippen LogP contribution is -2.36. The molecule has 1 amide bonds. The number of carbonyl (C=O) groups is 1. The monoisotopic (exact) mass is 493 g/mol. The number of nitrogens with one attached hydrogen (secondary N) is 2. The highest BCUT2D eigenvalue weighted by Crippen LogP contribution is 2.29. The minimum atomic E-state index is -0.887. The molecular formula is C24H23N5O7. The zero-order valence-electron chi connectivity index (χ0n) is 19.4. The summed E-state index contributed by atoms with van der Waals surface area (Å²) in [5.74, 6) is 0.163. The van der Waals surface area contributed by atoms with Gasteiger partial charge >= 0.3 is 11.2 Å². The number of ether oxygens (including phenoxy) is 2. The number of H-pyrrole nitrogens is 1. The van der Waals surface area contributed by atoms with Crippen LogP contribution in [-0.2, 0) is 11.3 Å². The number of amides is 1. The van der Waals surface area contributed by atoms with E-state index in [1.807, 2.05) is 0 Å². The van der Waals surface area contributed by atoms with Crippen LogP contribution in [0.5, 0.6) is 28.9 Å². The van der Waals surface area contributed by atoms with E-state index in [9.17, 15) is 19.5 Å². The summed E-state index contributed by atoms with van der Waals surface area (Å²) < 4.78 is 17.4. The van der Waals surface area contributed by atoms with Crippen LogP contribution in [-0.4, -0.2) is 37.3 Å². The Kier molecular flexibility index (Phi) is 7.14. The molecule has 0 aliphatic carbocycles. The molecule has 0 radical (unpaired) electrons. The van der Waals surface area contributed by atoms with Crippen molar-refractivity contribution in [3.63, 3.8) is 0 Å². The van der Waals surface area contributed by atoms with Crippen LogP contribution in [0.2, 0.25) is 0 Å². The zero-order valence-corrected chi connectivity index (χ0v) is 19.4. The lowest BCUT2D eigenvalue weighted by molar-refractivity contribution is -0.124. The van der Waals surface area contributed by atoms with Gasteiger partial charge in [-0.2, -0.15) is 0 Å². The van der Waals surface area contributed by atoms with Crippen molar-refractivity contribution in [2.75, 3.05) is 6.54 Å². The third kappa shape index (κ3) is 5.60. The first-order valence-corrected chi connectivity index (χ1v) is 11.0. The molecule has 2 heterocycles. The van der Waals surface area contributed by atoms with Crippen molar-refractivity contribution in [3.05, 3.63) is 75.8 Å². The van der Waals surface area contributed by atoms with E-state index in [1.54, 1.807) is 62.4 Å². The molecular weight excluding hydrogens is 470 g/mol. The van der Waals surface area contributed by atoms with Crippen molar-refractivity contribution in [1.29, 1.82) is 0 Å². The van der Waals surface area contributed by atoms with E-state index in [0.717, 1.165) is 10.1 Å². The topological polar surface area (TPSA) is 162 Å². The minimum Gasteiger partial charge on any atom is -0.492 e. The Hall–Kier alpha value is -4.87. The average Bonchev–Trinajstić information content (AvgIpc) is 3.40. The molecule has 0 unspecified atom stereocenters. The molecule has 4 rings (SSSR count). The SMILES string of the molecule is CC(C)C(=O)NCCn1c(O)c(Oc2ccc(Oc3ccc(-c4nnco4)cc3)cc2)c(=O)[nH]c1=O. The Bertz CT molecular complexity index is 1440. The fraction of sp³-hybridized carbons (Fsp3) is 0.208. The Morgan fingerprint density at radius 2 is 1.67 bits per heavy atom. The van der Waals surface area contributed by atoms with E-state index < -0.39 is 22.9 Å². The Morgan fingerprint density at radius 1 is 1.06 bits per heavy atom. The third-order valence-electron chi connectivity index (χ3n) is 5.03. The molecule has 0 aliphatic rings. The molecule has 0 saturated heterocycles.